The van der Waals surface area contributed by atoms with Gasteiger partial charge in [-0.15, -0.1) is 0 Å². The molecule has 11 heteroatoms. The van der Waals surface area contributed by atoms with Crippen molar-refractivity contribution in [2.45, 2.75) is 63.5 Å². The summed E-state index contributed by atoms with van der Waals surface area (Å²) in [5.41, 5.74) is -0.0485. The number of hydrogen-bond acceptors (Lipinski definition) is 6. The second-order valence-electron chi connectivity index (χ2n) is 10.7. The summed E-state index contributed by atoms with van der Waals surface area (Å²) < 4.78 is 32.6. The third-order valence-electron chi connectivity index (χ3n) is 8.18. The summed E-state index contributed by atoms with van der Waals surface area (Å²) >= 11 is 0. The van der Waals surface area contributed by atoms with Crippen molar-refractivity contribution in [2.24, 2.45) is 5.92 Å². The Bertz CT molecular complexity index is 1200. The maximum absolute atomic E-state index is 14.2. The van der Waals surface area contributed by atoms with E-state index < -0.39 is 29.5 Å². The first-order valence-corrected chi connectivity index (χ1v) is 13.9. The molecule has 1 aromatic heterocycles. The van der Waals surface area contributed by atoms with Crippen LogP contribution in [0, 0.1) is 17.6 Å². The number of rotatable bonds is 8. The molecule has 3 heterocycles. The lowest BCUT2D eigenvalue weighted by molar-refractivity contribution is -0.130. The van der Waals surface area contributed by atoms with Crippen LogP contribution in [-0.2, 0) is 9.59 Å². The Morgan fingerprint density at radius 3 is 2.62 bits per heavy atom. The Morgan fingerprint density at radius 2 is 1.87 bits per heavy atom. The van der Waals surface area contributed by atoms with Crippen LogP contribution in [0.1, 0.15) is 61.9 Å². The van der Waals surface area contributed by atoms with E-state index in [1.165, 1.54) is 31.4 Å². The molecule has 2 aromatic rings. The summed E-state index contributed by atoms with van der Waals surface area (Å²) in [6.07, 6.45) is 7.84. The molecule has 2 N–H and O–H groups in total. The lowest BCUT2D eigenvalue weighted by Crippen LogP contribution is -2.58. The van der Waals surface area contributed by atoms with Gasteiger partial charge in [0.25, 0.3) is 5.91 Å². The molecule has 2 atom stereocenters. The van der Waals surface area contributed by atoms with Gasteiger partial charge in [-0.3, -0.25) is 19.3 Å². The molecule has 0 spiro atoms. The molecule has 210 valence electrons. The summed E-state index contributed by atoms with van der Waals surface area (Å²) in [6.45, 7) is 2.86. The van der Waals surface area contributed by atoms with Crippen LogP contribution in [0.25, 0.3) is 11.3 Å². The summed E-state index contributed by atoms with van der Waals surface area (Å²) in [5.74, 6) is -2.56. The van der Waals surface area contributed by atoms with Crippen LogP contribution in [0.15, 0.2) is 28.8 Å². The van der Waals surface area contributed by atoms with Crippen molar-refractivity contribution < 1.29 is 27.7 Å². The maximum Gasteiger partial charge on any atom is 0.273 e. The predicted octanol–water partition coefficient (Wildman–Crippen LogP) is 3.11. The van der Waals surface area contributed by atoms with Crippen LogP contribution in [0.2, 0.25) is 0 Å². The van der Waals surface area contributed by atoms with Crippen LogP contribution >= 0.6 is 0 Å². The first-order chi connectivity index (χ1) is 18.9. The number of nitrogens with one attached hydrogen (secondary N) is 2. The molecule has 0 radical (unpaired) electrons. The fourth-order valence-electron chi connectivity index (χ4n) is 6.02. The molecule has 39 heavy (non-hydrogen) atoms. The zero-order chi connectivity index (χ0) is 27.4. The van der Waals surface area contributed by atoms with Crippen LogP contribution in [0.4, 0.5) is 8.78 Å². The topological polar surface area (TPSA) is 108 Å². The van der Waals surface area contributed by atoms with E-state index in [1.807, 2.05) is 0 Å². The number of likely N-dealkylation sites (tertiary alicyclic amines) is 2. The lowest BCUT2D eigenvalue weighted by atomic mass is 9.87. The first-order valence-electron chi connectivity index (χ1n) is 13.9. The van der Waals surface area contributed by atoms with Gasteiger partial charge in [0.15, 0.2) is 11.5 Å². The predicted molar refractivity (Wildman–Crippen MR) is 138 cm³/mol. The van der Waals surface area contributed by atoms with Crippen molar-refractivity contribution in [3.8, 4) is 11.3 Å². The van der Waals surface area contributed by atoms with Crippen molar-refractivity contribution in [2.75, 3.05) is 32.7 Å². The summed E-state index contributed by atoms with van der Waals surface area (Å²) in [7, 11) is 0. The highest BCUT2D eigenvalue weighted by molar-refractivity contribution is 5.94. The van der Waals surface area contributed by atoms with Gasteiger partial charge in [-0.2, -0.15) is 0 Å². The minimum atomic E-state index is -0.819. The maximum atomic E-state index is 14.2. The molecule has 1 aromatic carbocycles. The number of carbonyl (C=O) groups excluding carboxylic acids is 3. The minimum Gasteiger partial charge on any atom is -0.355 e. The fraction of sp³-hybridized carbons (Fsp3) is 0.571. The van der Waals surface area contributed by atoms with Crippen molar-refractivity contribution in [3.63, 3.8) is 0 Å². The van der Waals surface area contributed by atoms with Crippen LogP contribution in [-0.4, -0.2) is 77.5 Å². The van der Waals surface area contributed by atoms with Gasteiger partial charge in [0, 0.05) is 63.4 Å². The summed E-state index contributed by atoms with van der Waals surface area (Å²) in [4.78, 5) is 42.5. The molecule has 3 amide bonds. The zero-order valence-corrected chi connectivity index (χ0v) is 22.0. The molecule has 1 saturated carbocycles. The zero-order valence-electron chi connectivity index (χ0n) is 22.0. The van der Waals surface area contributed by atoms with E-state index in [-0.39, 0.29) is 28.8 Å². The second kappa shape index (κ2) is 12.2. The van der Waals surface area contributed by atoms with E-state index in [2.05, 4.69) is 20.7 Å². The van der Waals surface area contributed by atoms with Crippen molar-refractivity contribution in [1.82, 2.24) is 25.6 Å². The number of carbonyl (C=O) groups is 3. The third-order valence-corrected chi connectivity index (χ3v) is 8.18. The van der Waals surface area contributed by atoms with E-state index in [0.717, 1.165) is 37.9 Å². The lowest BCUT2D eigenvalue weighted by Gasteiger charge is -2.43. The Hall–Kier alpha value is -3.34. The van der Waals surface area contributed by atoms with E-state index in [9.17, 15) is 23.2 Å². The Balaban J connectivity index is 1.25. The fourth-order valence-corrected chi connectivity index (χ4v) is 6.02. The molecule has 0 bridgehead atoms. The normalized spacial score (nSPS) is 22.7. The second-order valence-corrected chi connectivity index (χ2v) is 10.7. The molecule has 5 rings (SSSR count). The number of hydrogen-bond donors (Lipinski definition) is 2. The van der Waals surface area contributed by atoms with Crippen molar-refractivity contribution in [3.05, 3.63) is 41.6 Å². The van der Waals surface area contributed by atoms with E-state index in [0.29, 0.717) is 45.1 Å². The highest BCUT2D eigenvalue weighted by Gasteiger charge is 2.38. The van der Waals surface area contributed by atoms with E-state index >= 15 is 0 Å². The van der Waals surface area contributed by atoms with Crippen molar-refractivity contribution in [1.29, 1.82) is 0 Å². The Kier molecular flexibility index (Phi) is 8.54. The van der Waals surface area contributed by atoms with Crippen molar-refractivity contribution >= 4 is 17.7 Å². The molecular weight excluding hydrogens is 508 g/mol. The van der Waals surface area contributed by atoms with Gasteiger partial charge in [-0.25, -0.2) is 8.78 Å². The van der Waals surface area contributed by atoms with E-state index in [1.54, 1.807) is 4.90 Å². The van der Waals surface area contributed by atoms with Crippen LogP contribution in [0.3, 0.4) is 0 Å². The SMILES string of the molecule is O=C(N[C@@H]1CCN(C2CCCCC2)C[C@H]1C(=O)NCCN1CCCC1=O)c1cc(-c2ccc(F)cc2F)on1. The molecular formula is C28H35F2N5O4. The van der Waals surface area contributed by atoms with Gasteiger partial charge < -0.3 is 20.1 Å². The van der Waals surface area contributed by atoms with Gasteiger partial charge in [0.2, 0.25) is 11.8 Å². The summed E-state index contributed by atoms with van der Waals surface area (Å²) in [5, 5.41) is 9.72. The third kappa shape index (κ3) is 6.46. The van der Waals surface area contributed by atoms with E-state index in [4.69, 9.17) is 4.52 Å². The number of nitrogens with zero attached hydrogens (tertiary/aromatic N) is 3. The van der Waals surface area contributed by atoms with Gasteiger partial charge in [-0.05, 0) is 37.8 Å². The molecule has 1 aliphatic carbocycles. The van der Waals surface area contributed by atoms with Gasteiger partial charge >= 0.3 is 0 Å². The first kappa shape index (κ1) is 27.2. The molecule has 3 aliphatic rings. The monoisotopic (exact) mass is 543 g/mol. The van der Waals surface area contributed by atoms with Crippen LogP contribution in [0.5, 0.6) is 0 Å². The highest BCUT2D eigenvalue weighted by Crippen LogP contribution is 2.28. The smallest absolute Gasteiger partial charge is 0.273 e. The van der Waals surface area contributed by atoms with Crippen LogP contribution < -0.4 is 10.6 Å². The Labute approximate surface area is 226 Å². The largest absolute Gasteiger partial charge is 0.355 e. The number of amides is 3. The standard InChI is InChI=1S/C28H35F2N5O4/c29-18-8-9-20(22(30)15-18)25-16-24(33-39-25)28(38)32-23-10-13-35(19-5-2-1-3-6-19)17-21(23)27(37)31-11-14-34-12-4-7-26(34)36/h8-9,15-16,19,21,23H,1-7,10-14,17H2,(H,31,37)(H,32,38)/t21-,23-/m1/s1. The highest BCUT2D eigenvalue weighted by atomic mass is 19.1. The minimum absolute atomic E-state index is 0.00233. The quantitative estimate of drug-likeness (QED) is 0.530. The number of piperidine rings is 1. The van der Waals surface area contributed by atoms with Gasteiger partial charge in [0.1, 0.15) is 11.6 Å². The summed E-state index contributed by atoms with van der Waals surface area (Å²) in [6, 6.07) is 4.39. The van der Waals surface area contributed by atoms with Gasteiger partial charge in [0.05, 0.1) is 11.5 Å². The number of benzene rings is 1. The molecule has 2 aliphatic heterocycles. The molecule has 2 saturated heterocycles. The average molecular weight is 544 g/mol. The Morgan fingerprint density at radius 1 is 1.05 bits per heavy atom. The number of aromatic nitrogens is 1. The molecule has 0 unspecified atom stereocenters. The molecule has 9 nitrogen and oxygen atoms in total. The van der Waals surface area contributed by atoms with Gasteiger partial charge in [-0.1, -0.05) is 24.4 Å². The average Bonchev–Trinajstić information content (AvgIpc) is 3.59. The number of halogens is 2. The molecule has 3 fully saturated rings.